The molecule has 0 radical (unpaired) electrons. The highest BCUT2D eigenvalue weighted by molar-refractivity contribution is 9.09. The van der Waals surface area contributed by atoms with E-state index >= 15 is 0 Å². The lowest BCUT2D eigenvalue weighted by Crippen LogP contribution is -2.20. The third-order valence-corrected chi connectivity index (χ3v) is 2.04. The minimum absolute atomic E-state index is 0.971. The van der Waals surface area contributed by atoms with Gasteiger partial charge in [0.2, 0.25) is 0 Å². The minimum Gasteiger partial charge on any atom is -0.359 e. The van der Waals surface area contributed by atoms with Crippen LogP contribution < -0.4 is 4.90 Å². The number of aryl methyl sites for hydroxylation is 1. The van der Waals surface area contributed by atoms with E-state index in [1.807, 2.05) is 32.2 Å². The van der Waals surface area contributed by atoms with E-state index < -0.39 is 0 Å². The first-order valence-corrected chi connectivity index (χ1v) is 5.07. The van der Waals surface area contributed by atoms with Crippen LogP contribution in [-0.2, 0) is 0 Å². The van der Waals surface area contributed by atoms with Gasteiger partial charge >= 0.3 is 0 Å². The summed E-state index contributed by atoms with van der Waals surface area (Å²) in [5, 5.41) is 0.971. The van der Waals surface area contributed by atoms with Gasteiger partial charge in [-0.05, 0) is 19.1 Å². The molecule has 0 amide bonds. The van der Waals surface area contributed by atoms with Gasteiger partial charge in [0.05, 0.1) is 0 Å². The Labute approximate surface area is 81.7 Å². The van der Waals surface area contributed by atoms with E-state index in [-0.39, 0.29) is 0 Å². The summed E-state index contributed by atoms with van der Waals surface area (Å²) in [7, 11) is 2.04. The zero-order chi connectivity index (χ0) is 8.97. The van der Waals surface area contributed by atoms with Crippen LogP contribution in [0, 0.1) is 6.92 Å². The molecule has 66 valence electrons. The standard InChI is InChI=1S/C9H13BrN2/c1-8-4-3-5-9(11-8)12(2)7-6-10/h3-5H,6-7H2,1-2H3. The monoisotopic (exact) mass is 228 g/mol. The van der Waals surface area contributed by atoms with Crippen LogP contribution in [0.1, 0.15) is 5.69 Å². The fraction of sp³-hybridized carbons (Fsp3) is 0.444. The average molecular weight is 229 g/mol. The third-order valence-electron chi connectivity index (χ3n) is 1.68. The van der Waals surface area contributed by atoms with Crippen molar-refractivity contribution in [3.63, 3.8) is 0 Å². The maximum absolute atomic E-state index is 4.40. The Kier molecular flexibility index (Phi) is 3.53. The van der Waals surface area contributed by atoms with Crippen molar-refractivity contribution in [3.05, 3.63) is 23.9 Å². The van der Waals surface area contributed by atoms with Crippen LogP contribution in [0.5, 0.6) is 0 Å². The first kappa shape index (κ1) is 9.52. The summed E-state index contributed by atoms with van der Waals surface area (Å²) in [6.07, 6.45) is 0. The molecule has 0 unspecified atom stereocenters. The fourth-order valence-electron chi connectivity index (χ4n) is 0.983. The lowest BCUT2D eigenvalue weighted by atomic mass is 10.3. The van der Waals surface area contributed by atoms with Crippen molar-refractivity contribution in [1.82, 2.24) is 4.98 Å². The summed E-state index contributed by atoms with van der Waals surface area (Å²) in [6.45, 7) is 2.99. The predicted octanol–water partition coefficient (Wildman–Crippen LogP) is 2.22. The Balaban J connectivity index is 2.73. The van der Waals surface area contributed by atoms with Crippen molar-refractivity contribution in [2.45, 2.75) is 6.92 Å². The Morgan fingerprint density at radius 2 is 2.25 bits per heavy atom. The van der Waals surface area contributed by atoms with Gasteiger partial charge in [-0.15, -0.1) is 0 Å². The number of alkyl halides is 1. The third kappa shape index (κ3) is 2.48. The molecule has 0 fully saturated rings. The minimum atomic E-state index is 0.971. The number of halogens is 1. The Morgan fingerprint density at radius 1 is 1.50 bits per heavy atom. The summed E-state index contributed by atoms with van der Waals surface area (Å²) in [5.74, 6) is 1.04. The quantitative estimate of drug-likeness (QED) is 0.739. The van der Waals surface area contributed by atoms with E-state index in [0.29, 0.717) is 0 Å². The summed E-state index contributed by atoms with van der Waals surface area (Å²) in [6, 6.07) is 6.06. The predicted molar refractivity (Wildman–Crippen MR) is 56.0 cm³/mol. The molecule has 2 nitrogen and oxygen atoms in total. The number of hydrogen-bond acceptors (Lipinski definition) is 2. The molecule has 0 saturated carbocycles. The lowest BCUT2D eigenvalue weighted by Gasteiger charge is -2.16. The Hall–Kier alpha value is -0.570. The normalized spacial score (nSPS) is 9.92. The number of anilines is 1. The second-order valence-electron chi connectivity index (χ2n) is 2.75. The molecule has 0 aromatic carbocycles. The molecule has 0 aliphatic rings. The van der Waals surface area contributed by atoms with Gasteiger partial charge in [-0.3, -0.25) is 0 Å². The highest BCUT2D eigenvalue weighted by Crippen LogP contribution is 2.08. The number of aromatic nitrogens is 1. The van der Waals surface area contributed by atoms with E-state index in [0.717, 1.165) is 23.4 Å². The molecule has 0 bridgehead atoms. The van der Waals surface area contributed by atoms with Gasteiger partial charge in [0, 0.05) is 24.6 Å². The molecule has 0 aliphatic carbocycles. The van der Waals surface area contributed by atoms with Crippen molar-refractivity contribution < 1.29 is 0 Å². The number of nitrogens with zero attached hydrogens (tertiary/aromatic N) is 2. The van der Waals surface area contributed by atoms with Crippen LogP contribution in [0.4, 0.5) is 5.82 Å². The molecule has 3 heteroatoms. The summed E-state index contributed by atoms with van der Waals surface area (Å²) in [4.78, 5) is 6.52. The van der Waals surface area contributed by atoms with Gasteiger partial charge in [0.15, 0.2) is 0 Å². The maximum atomic E-state index is 4.40. The van der Waals surface area contributed by atoms with Crippen LogP contribution in [0.25, 0.3) is 0 Å². The Bertz CT molecular complexity index is 250. The highest BCUT2D eigenvalue weighted by Gasteiger charge is 1.99. The van der Waals surface area contributed by atoms with Gasteiger partial charge in [0.1, 0.15) is 5.82 Å². The van der Waals surface area contributed by atoms with Crippen molar-refractivity contribution in [3.8, 4) is 0 Å². The van der Waals surface area contributed by atoms with Crippen molar-refractivity contribution in [2.75, 3.05) is 23.8 Å². The molecule has 0 saturated heterocycles. The van der Waals surface area contributed by atoms with E-state index in [2.05, 4.69) is 25.8 Å². The number of pyridine rings is 1. The van der Waals surface area contributed by atoms with Gasteiger partial charge < -0.3 is 4.90 Å². The molecule has 1 aromatic rings. The molecule has 0 spiro atoms. The molecule has 0 N–H and O–H groups in total. The molecule has 1 aromatic heterocycles. The molecule has 12 heavy (non-hydrogen) atoms. The summed E-state index contributed by atoms with van der Waals surface area (Å²) in [5.41, 5.74) is 1.06. The molecule has 1 rings (SSSR count). The van der Waals surface area contributed by atoms with Gasteiger partial charge in [-0.25, -0.2) is 4.98 Å². The van der Waals surface area contributed by atoms with E-state index in [1.165, 1.54) is 0 Å². The van der Waals surface area contributed by atoms with Gasteiger partial charge in [0.25, 0.3) is 0 Å². The largest absolute Gasteiger partial charge is 0.359 e. The first-order chi connectivity index (χ1) is 5.74. The molecular formula is C9H13BrN2. The van der Waals surface area contributed by atoms with Gasteiger partial charge in [-0.2, -0.15) is 0 Å². The summed E-state index contributed by atoms with van der Waals surface area (Å²) < 4.78 is 0. The topological polar surface area (TPSA) is 16.1 Å². The smallest absolute Gasteiger partial charge is 0.128 e. The highest BCUT2D eigenvalue weighted by atomic mass is 79.9. The first-order valence-electron chi connectivity index (χ1n) is 3.95. The fourth-order valence-corrected chi connectivity index (χ4v) is 1.51. The molecule has 1 heterocycles. The maximum Gasteiger partial charge on any atom is 0.128 e. The second-order valence-corrected chi connectivity index (χ2v) is 3.54. The number of hydrogen-bond donors (Lipinski definition) is 0. The zero-order valence-corrected chi connectivity index (χ0v) is 9.00. The second kappa shape index (κ2) is 4.45. The lowest BCUT2D eigenvalue weighted by molar-refractivity contribution is 0.942. The van der Waals surface area contributed by atoms with Crippen LogP contribution in [0.15, 0.2) is 18.2 Å². The van der Waals surface area contributed by atoms with Crippen LogP contribution in [-0.4, -0.2) is 23.9 Å². The van der Waals surface area contributed by atoms with Crippen LogP contribution >= 0.6 is 15.9 Å². The Morgan fingerprint density at radius 3 is 2.83 bits per heavy atom. The number of rotatable bonds is 3. The van der Waals surface area contributed by atoms with Crippen molar-refractivity contribution in [2.24, 2.45) is 0 Å². The van der Waals surface area contributed by atoms with E-state index in [9.17, 15) is 0 Å². The van der Waals surface area contributed by atoms with E-state index in [1.54, 1.807) is 0 Å². The SMILES string of the molecule is Cc1cccc(N(C)CCBr)n1. The molecular weight excluding hydrogens is 216 g/mol. The van der Waals surface area contributed by atoms with Crippen LogP contribution in [0.2, 0.25) is 0 Å². The van der Waals surface area contributed by atoms with Gasteiger partial charge in [-0.1, -0.05) is 22.0 Å². The van der Waals surface area contributed by atoms with E-state index in [4.69, 9.17) is 0 Å². The molecule has 0 atom stereocenters. The zero-order valence-electron chi connectivity index (χ0n) is 7.42. The van der Waals surface area contributed by atoms with Crippen molar-refractivity contribution >= 4 is 21.7 Å². The van der Waals surface area contributed by atoms with Crippen LogP contribution in [0.3, 0.4) is 0 Å². The van der Waals surface area contributed by atoms with Crippen molar-refractivity contribution in [1.29, 1.82) is 0 Å². The average Bonchev–Trinajstić information content (AvgIpc) is 2.05. The molecule has 0 aliphatic heterocycles. The summed E-state index contributed by atoms with van der Waals surface area (Å²) >= 11 is 3.40.